The predicted octanol–water partition coefficient (Wildman–Crippen LogP) is 2.91. The molecule has 0 unspecified atom stereocenters. The number of hydrogen-bond acceptors (Lipinski definition) is 6. The summed E-state index contributed by atoms with van der Waals surface area (Å²) in [4.78, 5) is 51.2. The number of imide groups is 1. The zero-order valence-electron chi connectivity index (χ0n) is 18.5. The number of carbonyl (C=O) groups excluding carboxylic acids is 4. The van der Waals surface area contributed by atoms with Crippen LogP contribution in [0.4, 0.5) is 10.7 Å². The number of amides is 4. The molecule has 3 heterocycles. The predicted molar refractivity (Wildman–Crippen MR) is 123 cm³/mol. The molecular weight excluding hydrogens is 428 g/mol. The molecule has 2 aromatic rings. The molecule has 0 saturated carbocycles. The van der Waals surface area contributed by atoms with Crippen LogP contribution < -0.4 is 21.3 Å². The Morgan fingerprint density at radius 2 is 1.66 bits per heavy atom. The molecule has 2 aliphatic rings. The zero-order valence-corrected chi connectivity index (χ0v) is 19.3. The number of carbonyl (C=O) groups is 4. The maximum atomic E-state index is 12.9. The number of benzene rings is 1. The Labute approximate surface area is 190 Å². The van der Waals surface area contributed by atoms with Gasteiger partial charge in [-0.05, 0) is 63.9 Å². The van der Waals surface area contributed by atoms with Crippen molar-refractivity contribution in [3.63, 3.8) is 0 Å². The molecule has 4 N–H and O–H groups in total. The first-order chi connectivity index (χ1) is 14.9. The van der Waals surface area contributed by atoms with Gasteiger partial charge in [-0.2, -0.15) is 0 Å². The van der Waals surface area contributed by atoms with Crippen molar-refractivity contribution in [3.05, 3.63) is 45.8 Å². The Kier molecular flexibility index (Phi) is 5.21. The van der Waals surface area contributed by atoms with Gasteiger partial charge in [-0.3, -0.25) is 24.1 Å². The highest BCUT2D eigenvalue weighted by Crippen LogP contribution is 2.45. The molecule has 32 heavy (non-hydrogen) atoms. The summed E-state index contributed by atoms with van der Waals surface area (Å²) in [6.07, 6.45) is 1.01. The third kappa shape index (κ3) is 3.82. The summed E-state index contributed by atoms with van der Waals surface area (Å²) in [5.41, 5.74) is 7.10. The third-order valence-corrected chi connectivity index (χ3v) is 7.23. The molecular formula is C23H26N4O4S. The van der Waals surface area contributed by atoms with Gasteiger partial charge < -0.3 is 16.4 Å². The van der Waals surface area contributed by atoms with Gasteiger partial charge in [0.25, 0.3) is 11.8 Å². The summed E-state index contributed by atoms with van der Waals surface area (Å²) in [5.74, 6) is -1.47. The van der Waals surface area contributed by atoms with Crippen LogP contribution in [0.1, 0.15) is 71.7 Å². The van der Waals surface area contributed by atoms with Crippen molar-refractivity contribution in [2.24, 2.45) is 5.73 Å². The smallest absolute Gasteiger partial charge is 0.256 e. The fourth-order valence-electron chi connectivity index (χ4n) is 4.68. The molecule has 8 nitrogen and oxygen atoms in total. The molecule has 1 aromatic heterocycles. The molecule has 0 atom stereocenters. The minimum Gasteiger partial charge on any atom is -0.365 e. The largest absolute Gasteiger partial charge is 0.365 e. The van der Waals surface area contributed by atoms with Gasteiger partial charge in [0.15, 0.2) is 0 Å². The van der Waals surface area contributed by atoms with Crippen LogP contribution in [-0.2, 0) is 21.5 Å². The van der Waals surface area contributed by atoms with E-state index in [-0.39, 0.29) is 35.7 Å². The number of nitrogens with one attached hydrogen (secondary N) is 2. The number of primary amides is 1. The van der Waals surface area contributed by atoms with E-state index >= 15 is 0 Å². The highest BCUT2D eigenvalue weighted by Gasteiger charge is 2.41. The monoisotopic (exact) mass is 454 g/mol. The normalized spacial score (nSPS) is 19.1. The maximum Gasteiger partial charge on any atom is 0.256 e. The lowest BCUT2D eigenvalue weighted by Gasteiger charge is -2.42. The summed E-state index contributed by atoms with van der Waals surface area (Å²) in [5, 5.41) is 6.84. The van der Waals surface area contributed by atoms with Crippen molar-refractivity contribution in [1.82, 2.24) is 5.32 Å². The van der Waals surface area contributed by atoms with Crippen molar-refractivity contribution in [3.8, 4) is 0 Å². The van der Waals surface area contributed by atoms with E-state index in [1.165, 1.54) is 11.3 Å². The van der Waals surface area contributed by atoms with Gasteiger partial charge in [0.05, 0.1) is 11.3 Å². The number of anilines is 2. The Bertz CT molecular complexity index is 1130. The van der Waals surface area contributed by atoms with E-state index in [4.69, 9.17) is 5.73 Å². The van der Waals surface area contributed by atoms with E-state index in [1.54, 1.807) is 24.3 Å². The number of thiophene rings is 1. The standard InChI is InChI=1S/C23H26N4O4S/c1-22(2)11-14-17(19(24)30)21(32-18(14)23(3,4)26-22)25-20(31)12-5-7-13(8-6-12)27-15(28)9-10-16(27)29/h5-8,26H,9-11H2,1-4H3,(H2,24,30)(H,25,31). The van der Waals surface area contributed by atoms with Gasteiger partial charge in [-0.1, -0.05) is 0 Å². The van der Waals surface area contributed by atoms with Gasteiger partial charge in [-0.25, -0.2) is 0 Å². The lowest BCUT2D eigenvalue weighted by Crippen LogP contribution is -2.55. The lowest BCUT2D eigenvalue weighted by molar-refractivity contribution is -0.121. The van der Waals surface area contributed by atoms with Crippen LogP contribution in [0.25, 0.3) is 0 Å². The van der Waals surface area contributed by atoms with Crippen LogP contribution in [0, 0.1) is 0 Å². The number of nitrogens with two attached hydrogens (primary N) is 1. The molecule has 2 aliphatic heterocycles. The highest BCUT2D eigenvalue weighted by molar-refractivity contribution is 7.17. The van der Waals surface area contributed by atoms with Crippen LogP contribution in [-0.4, -0.2) is 29.2 Å². The topological polar surface area (TPSA) is 122 Å². The van der Waals surface area contributed by atoms with Gasteiger partial charge in [-0.15, -0.1) is 11.3 Å². The number of nitrogens with zero attached hydrogens (tertiary/aromatic N) is 1. The van der Waals surface area contributed by atoms with E-state index < -0.39 is 11.8 Å². The lowest BCUT2D eigenvalue weighted by atomic mass is 9.81. The van der Waals surface area contributed by atoms with E-state index in [2.05, 4.69) is 24.5 Å². The molecule has 0 spiro atoms. The second kappa shape index (κ2) is 7.53. The Morgan fingerprint density at radius 1 is 1.06 bits per heavy atom. The van der Waals surface area contributed by atoms with Gasteiger partial charge in [0.2, 0.25) is 11.8 Å². The maximum absolute atomic E-state index is 12.9. The van der Waals surface area contributed by atoms with Crippen LogP contribution in [0.5, 0.6) is 0 Å². The third-order valence-electron chi connectivity index (χ3n) is 5.76. The molecule has 0 aliphatic carbocycles. The minimum absolute atomic E-state index is 0.196. The van der Waals surface area contributed by atoms with Crippen molar-refractivity contribution in [1.29, 1.82) is 0 Å². The van der Waals surface area contributed by atoms with Crippen LogP contribution >= 0.6 is 11.3 Å². The second-order valence-corrected chi connectivity index (χ2v) is 10.4. The van der Waals surface area contributed by atoms with E-state index in [0.29, 0.717) is 28.2 Å². The van der Waals surface area contributed by atoms with Crippen LogP contribution in [0.15, 0.2) is 24.3 Å². The molecule has 0 radical (unpaired) electrons. The molecule has 168 valence electrons. The van der Waals surface area contributed by atoms with Gasteiger partial charge in [0, 0.05) is 34.4 Å². The first-order valence-electron chi connectivity index (χ1n) is 10.4. The summed E-state index contributed by atoms with van der Waals surface area (Å²) < 4.78 is 0. The average molecular weight is 455 g/mol. The quantitative estimate of drug-likeness (QED) is 0.613. The van der Waals surface area contributed by atoms with Crippen molar-refractivity contribution < 1.29 is 19.2 Å². The van der Waals surface area contributed by atoms with Crippen LogP contribution in [0.2, 0.25) is 0 Å². The Morgan fingerprint density at radius 3 is 2.22 bits per heavy atom. The van der Waals surface area contributed by atoms with Crippen LogP contribution in [0.3, 0.4) is 0 Å². The SMILES string of the molecule is CC1(C)Cc2c(sc(NC(=O)c3ccc(N4C(=O)CCC4=O)cc3)c2C(N)=O)C(C)(C)N1. The zero-order chi connectivity index (χ0) is 23.4. The molecule has 4 amide bonds. The molecule has 4 rings (SSSR count). The van der Waals surface area contributed by atoms with Crippen molar-refractivity contribution in [2.75, 3.05) is 10.2 Å². The molecule has 1 aromatic carbocycles. The number of rotatable bonds is 4. The average Bonchev–Trinajstić information content (AvgIpc) is 3.20. The summed E-state index contributed by atoms with van der Waals surface area (Å²) in [7, 11) is 0. The number of fused-ring (bicyclic) bond motifs is 1. The summed E-state index contributed by atoms with van der Waals surface area (Å²) in [6.45, 7) is 8.21. The molecule has 1 fully saturated rings. The molecule has 1 saturated heterocycles. The highest BCUT2D eigenvalue weighted by atomic mass is 32.1. The molecule has 0 bridgehead atoms. The van der Waals surface area contributed by atoms with E-state index in [0.717, 1.165) is 15.3 Å². The van der Waals surface area contributed by atoms with Gasteiger partial charge >= 0.3 is 0 Å². The van der Waals surface area contributed by atoms with Crippen molar-refractivity contribution in [2.45, 2.75) is 58.0 Å². The first-order valence-corrected chi connectivity index (χ1v) is 11.2. The van der Waals surface area contributed by atoms with E-state index in [9.17, 15) is 19.2 Å². The summed E-state index contributed by atoms with van der Waals surface area (Å²) in [6, 6.07) is 6.24. The fraction of sp³-hybridized carbons (Fsp3) is 0.391. The second-order valence-electron chi connectivity index (χ2n) is 9.41. The van der Waals surface area contributed by atoms with Crippen molar-refractivity contribution >= 4 is 45.7 Å². The fourth-order valence-corrected chi connectivity index (χ4v) is 5.96. The number of hydrogen-bond donors (Lipinski definition) is 3. The first kappa shape index (κ1) is 22.2. The van der Waals surface area contributed by atoms with Gasteiger partial charge in [0.1, 0.15) is 5.00 Å². The summed E-state index contributed by atoms with van der Waals surface area (Å²) >= 11 is 1.35. The Balaban J connectivity index is 1.63. The Hall–Kier alpha value is -3.04. The molecule has 9 heteroatoms. The minimum atomic E-state index is -0.576. The van der Waals surface area contributed by atoms with E-state index in [1.807, 2.05) is 13.8 Å².